The second-order valence-corrected chi connectivity index (χ2v) is 21.7. The van der Waals surface area contributed by atoms with Crippen LogP contribution in [0.5, 0.6) is 0 Å². The van der Waals surface area contributed by atoms with Crippen molar-refractivity contribution in [2.45, 2.75) is 0 Å². The van der Waals surface area contributed by atoms with Crippen molar-refractivity contribution in [3.05, 3.63) is 68.8 Å². The Labute approximate surface area is 218 Å². The van der Waals surface area contributed by atoms with Crippen LogP contribution in [0.4, 0.5) is 22.7 Å². The molecule has 0 aliphatic carbocycles. The Balaban J connectivity index is 0.000000515. The Hall–Kier alpha value is -0.930. The standard InChI is InChI=1S/C8H10BrN3O2.C8H11N3O3.Br3P/c9-5-6-11(10)7-1-3-8(4-2-7)12(13)14;9-10(5-6-12)7-1-3-8(4-2-7)11(13)14;1-4(2)3/h1-4H,5-6,10H2;1-4,12H,5-6,9H2;. The number of benzene rings is 2. The first-order valence-corrected chi connectivity index (χ1v) is 17.0. The van der Waals surface area contributed by atoms with Crippen molar-refractivity contribution in [1.82, 2.24) is 0 Å². The van der Waals surface area contributed by atoms with Gasteiger partial charge in [0.25, 0.3) is 11.4 Å². The van der Waals surface area contributed by atoms with Crippen LogP contribution in [-0.2, 0) is 0 Å². The van der Waals surface area contributed by atoms with Crippen LogP contribution in [-0.4, -0.2) is 40.0 Å². The zero-order valence-corrected chi connectivity index (χ0v) is 23.7. The third-order valence-electron chi connectivity index (χ3n) is 3.45. The molecular formula is C16H21Br4N6O5P. The second-order valence-electron chi connectivity index (χ2n) is 5.54. The molecule has 0 fully saturated rings. The number of nitro benzene ring substituents is 2. The summed E-state index contributed by atoms with van der Waals surface area (Å²) in [6.45, 7) is 0.878. The van der Waals surface area contributed by atoms with Crippen LogP contribution in [0.3, 0.4) is 0 Å². The Morgan fingerprint density at radius 2 is 1.12 bits per heavy atom. The summed E-state index contributed by atoms with van der Waals surface area (Å²) >= 11 is 12.8. The highest BCUT2D eigenvalue weighted by molar-refractivity contribution is 9.93. The van der Waals surface area contributed by atoms with Crippen LogP contribution >= 0.6 is 66.4 Å². The molecule has 32 heavy (non-hydrogen) atoms. The fourth-order valence-electron chi connectivity index (χ4n) is 1.99. The minimum atomic E-state index is -0.476. The smallest absolute Gasteiger partial charge is 0.269 e. The first-order chi connectivity index (χ1) is 15.0. The number of alkyl halides is 1. The molecule has 0 radical (unpaired) electrons. The van der Waals surface area contributed by atoms with Crippen LogP contribution < -0.4 is 21.7 Å². The van der Waals surface area contributed by atoms with E-state index in [2.05, 4.69) is 62.4 Å². The van der Waals surface area contributed by atoms with Gasteiger partial charge in [0, 0.05) is 36.1 Å². The Morgan fingerprint density at radius 3 is 1.38 bits per heavy atom. The fourth-order valence-corrected chi connectivity index (χ4v) is 2.37. The number of rotatable bonds is 8. The molecule has 11 nitrogen and oxygen atoms in total. The van der Waals surface area contributed by atoms with E-state index < -0.39 is 9.85 Å². The molecule has 0 unspecified atom stereocenters. The lowest BCUT2D eigenvalue weighted by Crippen LogP contribution is -2.33. The summed E-state index contributed by atoms with van der Waals surface area (Å²) < 4.78 is -0.183. The van der Waals surface area contributed by atoms with E-state index in [-0.39, 0.29) is 28.6 Å². The minimum absolute atomic E-state index is 0.0196. The van der Waals surface area contributed by atoms with Crippen LogP contribution in [0.25, 0.3) is 0 Å². The first-order valence-electron chi connectivity index (χ1n) is 8.51. The van der Waals surface area contributed by atoms with E-state index in [4.69, 9.17) is 16.8 Å². The first kappa shape index (κ1) is 31.1. The Bertz CT molecular complexity index is 751. The number of aliphatic hydroxyl groups excluding tert-OH is 1. The number of nitrogens with two attached hydrogens (primary N) is 2. The van der Waals surface area contributed by atoms with Crippen molar-refractivity contribution in [3.8, 4) is 0 Å². The molecule has 0 atom stereocenters. The maximum atomic E-state index is 10.4. The van der Waals surface area contributed by atoms with Crippen molar-refractivity contribution >= 4 is 89.2 Å². The number of halogens is 4. The number of hydrazine groups is 2. The van der Waals surface area contributed by atoms with E-state index in [0.717, 1.165) is 11.0 Å². The number of hydrogen-bond donors (Lipinski definition) is 3. The van der Waals surface area contributed by atoms with Crippen molar-refractivity contribution in [2.75, 3.05) is 35.0 Å². The van der Waals surface area contributed by atoms with E-state index in [1.807, 2.05) is 0 Å². The maximum absolute atomic E-state index is 10.4. The normalized spacial score (nSPS) is 9.75. The number of hydrogen-bond acceptors (Lipinski definition) is 9. The molecule has 0 saturated heterocycles. The molecule has 178 valence electrons. The molecule has 0 aromatic heterocycles. The lowest BCUT2D eigenvalue weighted by molar-refractivity contribution is -0.385. The van der Waals surface area contributed by atoms with Gasteiger partial charge in [0.2, 0.25) is 0 Å². The fraction of sp³-hybridized carbons (Fsp3) is 0.250. The van der Waals surface area contributed by atoms with Crippen molar-refractivity contribution in [2.24, 2.45) is 11.7 Å². The van der Waals surface area contributed by atoms with Gasteiger partial charge in [0.15, 0.2) is 0 Å². The molecule has 0 bridgehead atoms. The number of non-ortho nitro benzene ring substituents is 2. The highest BCUT2D eigenvalue weighted by atomic mass is 80.0. The van der Waals surface area contributed by atoms with E-state index in [1.54, 1.807) is 12.1 Å². The summed E-state index contributed by atoms with van der Waals surface area (Å²) in [5.41, 5.74) is 1.48. The minimum Gasteiger partial charge on any atom is -0.394 e. The second kappa shape index (κ2) is 17.5. The van der Waals surface area contributed by atoms with Gasteiger partial charge >= 0.3 is 0 Å². The van der Waals surface area contributed by atoms with E-state index in [0.29, 0.717) is 12.2 Å². The zero-order valence-electron chi connectivity index (χ0n) is 16.4. The zero-order chi connectivity index (χ0) is 24.7. The van der Waals surface area contributed by atoms with Crippen molar-refractivity contribution < 1.29 is 15.0 Å². The number of aliphatic hydroxyl groups is 1. The van der Waals surface area contributed by atoms with Crippen molar-refractivity contribution in [1.29, 1.82) is 0 Å². The average Bonchev–Trinajstić information content (AvgIpc) is 2.74. The number of nitrogens with zero attached hydrogens (tertiary/aromatic N) is 4. The average molecular weight is 728 g/mol. The lowest BCUT2D eigenvalue weighted by atomic mass is 10.3. The van der Waals surface area contributed by atoms with Crippen LogP contribution in [0.15, 0.2) is 48.5 Å². The van der Waals surface area contributed by atoms with Crippen LogP contribution in [0.1, 0.15) is 0 Å². The monoisotopic (exact) mass is 724 g/mol. The van der Waals surface area contributed by atoms with Gasteiger partial charge < -0.3 is 15.1 Å². The largest absolute Gasteiger partial charge is 0.394 e. The lowest BCUT2D eigenvalue weighted by Gasteiger charge is -2.16. The molecule has 0 aliphatic rings. The van der Waals surface area contributed by atoms with Gasteiger partial charge in [0.05, 0.1) is 34.4 Å². The van der Waals surface area contributed by atoms with Crippen molar-refractivity contribution in [3.63, 3.8) is 0 Å². The number of anilines is 2. The molecule has 2 aromatic rings. The molecular weight excluding hydrogens is 707 g/mol. The molecule has 16 heteroatoms. The summed E-state index contributed by atoms with van der Waals surface area (Å²) in [6.07, 6.45) is 0. The van der Waals surface area contributed by atoms with E-state index in [1.165, 1.54) is 46.4 Å². The molecule has 0 heterocycles. The molecule has 0 amide bonds. The Kier molecular flexibility index (Phi) is 17.0. The third kappa shape index (κ3) is 13.6. The van der Waals surface area contributed by atoms with Gasteiger partial charge in [-0.2, -0.15) is 0 Å². The number of nitro groups is 2. The molecule has 0 saturated carbocycles. The predicted molar refractivity (Wildman–Crippen MR) is 144 cm³/mol. The van der Waals surface area contributed by atoms with E-state index >= 15 is 0 Å². The third-order valence-corrected chi connectivity index (χ3v) is 3.81. The topological polar surface area (TPSA) is 165 Å². The van der Waals surface area contributed by atoms with Crippen LogP contribution in [0, 0.1) is 20.2 Å². The molecule has 0 aliphatic heterocycles. The Morgan fingerprint density at radius 1 is 0.812 bits per heavy atom. The SMILES string of the molecule is BrP(Br)Br.NN(CCBr)c1ccc([N+](=O)[O-])cc1.NN(CCO)c1ccc([N+](=O)[O-])cc1. The molecule has 0 spiro atoms. The quantitative estimate of drug-likeness (QED) is 0.107. The van der Waals surface area contributed by atoms with E-state index in [9.17, 15) is 20.2 Å². The van der Waals surface area contributed by atoms with Gasteiger partial charge in [-0.1, -0.05) is 15.9 Å². The van der Waals surface area contributed by atoms with Gasteiger partial charge in [-0.15, -0.1) is 0 Å². The summed E-state index contributed by atoms with van der Waals surface area (Å²) in [6, 6.07) is 11.9. The molecule has 5 N–H and O–H groups in total. The summed E-state index contributed by atoms with van der Waals surface area (Å²) in [5, 5.41) is 32.9. The molecule has 2 aromatic carbocycles. The molecule has 2 rings (SSSR count). The summed E-state index contributed by atoms with van der Waals surface area (Å²) in [5.74, 6) is 11.2. The van der Waals surface area contributed by atoms with Gasteiger partial charge in [0.1, 0.15) is 4.03 Å². The van der Waals surface area contributed by atoms with Crippen LogP contribution in [0.2, 0.25) is 0 Å². The van der Waals surface area contributed by atoms with Gasteiger partial charge in [-0.05, 0) is 70.7 Å². The predicted octanol–water partition coefficient (Wildman–Crippen LogP) is 5.34. The highest BCUT2D eigenvalue weighted by Crippen LogP contribution is 2.59. The summed E-state index contributed by atoms with van der Waals surface area (Å²) in [7, 11) is 0. The summed E-state index contributed by atoms with van der Waals surface area (Å²) in [4.78, 5) is 19.8. The highest BCUT2D eigenvalue weighted by Gasteiger charge is 2.07. The van der Waals surface area contributed by atoms with Gasteiger partial charge in [-0.25, -0.2) is 11.7 Å². The maximum Gasteiger partial charge on any atom is 0.269 e. The van der Waals surface area contributed by atoms with Gasteiger partial charge in [-0.3, -0.25) is 20.2 Å².